The lowest BCUT2D eigenvalue weighted by molar-refractivity contribution is -0.130. The van der Waals surface area contributed by atoms with Crippen LogP contribution >= 0.6 is 11.6 Å². The molecule has 0 saturated carbocycles. The molecule has 4 aromatic rings. The number of piperazine rings is 1. The van der Waals surface area contributed by atoms with Crippen molar-refractivity contribution in [2.45, 2.75) is 32.7 Å². The lowest BCUT2D eigenvalue weighted by Gasteiger charge is -2.38. The Labute approximate surface area is 280 Å². The molecule has 3 heterocycles. The maximum absolute atomic E-state index is 15.6. The number of aryl methyl sites for hydroxylation is 2. The molecule has 6 rings (SSSR count). The fourth-order valence-corrected chi connectivity index (χ4v) is 7.00. The maximum atomic E-state index is 15.6. The Kier molecular flexibility index (Phi) is 8.92. The lowest BCUT2D eigenvalue weighted by atomic mass is 9.95. The quantitative estimate of drug-likeness (QED) is 0.327. The zero-order valence-corrected chi connectivity index (χ0v) is 28.0. The van der Waals surface area contributed by atoms with Gasteiger partial charge in [-0.25, -0.2) is 18.9 Å². The zero-order valence-electron chi connectivity index (χ0n) is 27.3. The van der Waals surface area contributed by atoms with Crippen LogP contribution < -0.4 is 21.3 Å². The van der Waals surface area contributed by atoms with E-state index in [4.69, 9.17) is 21.3 Å². The molecule has 1 aliphatic carbocycles. The molecule has 0 unspecified atom stereocenters. The summed E-state index contributed by atoms with van der Waals surface area (Å²) < 4.78 is 23.1. The molecule has 2 aromatic carbocycles. The topological polar surface area (TPSA) is 132 Å². The Balaban J connectivity index is 1.34. The molecule has 1 atom stereocenters. The fraction of sp³-hybridized carbons (Fsp3) is 0.353. The highest BCUT2D eigenvalue weighted by molar-refractivity contribution is 6.36. The number of anilines is 1. The summed E-state index contributed by atoms with van der Waals surface area (Å²) >= 11 is 6.98. The maximum Gasteiger partial charge on any atom is 0.346 e. The summed E-state index contributed by atoms with van der Waals surface area (Å²) in [6.45, 7) is 6.17. The van der Waals surface area contributed by atoms with Gasteiger partial charge in [0, 0.05) is 75.6 Å². The van der Waals surface area contributed by atoms with Crippen LogP contribution in [0.15, 0.2) is 46.0 Å². The number of benzene rings is 2. The molecule has 1 fully saturated rings. The van der Waals surface area contributed by atoms with E-state index in [-0.39, 0.29) is 22.5 Å². The van der Waals surface area contributed by atoms with Gasteiger partial charge in [-0.1, -0.05) is 23.7 Å². The van der Waals surface area contributed by atoms with Crippen LogP contribution in [0.2, 0.25) is 5.02 Å². The van der Waals surface area contributed by atoms with Crippen molar-refractivity contribution < 1.29 is 18.7 Å². The van der Waals surface area contributed by atoms with Gasteiger partial charge in [-0.2, -0.15) is 5.10 Å². The Morgan fingerprint density at radius 1 is 1.06 bits per heavy atom. The minimum absolute atomic E-state index is 0.0817. The van der Waals surface area contributed by atoms with Gasteiger partial charge in [0.15, 0.2) is 0 Å². The summed E-state index contributed by atoms with van der Waals surface area (Å²) in [5, 5.41) is 6.65. The van der Waals surface area contributed by atoms with Gasteiger partial charge >= 0.3 is 5.69 Å². The Morgan fingerprint density at radius 3 is 2.48 bits per heavy atom. The lowest BCUT2D eigenvalue weighted by Crippen LogP contribution is -2.48. The minimum Gasteiger partial charge on any atom is -0.481 e. The second kappa shape index (κ2) is 13.0. The van der Waals surface area contributed by atoms with E-state index < -0.39 is 28.7 Å². The molecule has 250 valence electrons. The molecule has 48 heavy (non-hydrogen) atoms. The summed E-state index contributed by atoms with van der Waals surface area (Å²) in [4.78, 5) is 58.6. The van der Waals surface area contributed by atoms with Gasteiger partial charge in [-0.3, -0.25) is 23.9 Å². The number of carbonyl (C=O) groups excluding carboxylic acids is 2. The number of fused-ring (bicyclic) bond motifs is 1. The number of nitrogens with zero attached hydrogens (tertiary/aromatic N) is 6. The number of nitrogens with one attached hydrogen (secondary N) is 1. The number of hydrogen-bond donors (Lipinski definition) is 1. The van der Waals surface area contributed by atoms with Crippen molar-refractivity contribution in [2.24, 2.45) is 14.1 Å². The highest BCUT2D eigenvalue weighted by Gasteiger charge is 2.35. The number of rotatable bonds is 6. The molecule has 2 aromatic heterocycles. The third-order valence-corrected chi connectivity index (χ3v) is 9.67. The first kappa shape index (κ1) is 33.0. The van der Waals surface area contributed by atoms with E-state index in [9.17, 15) is 19.2 Å². The first-order chi connectivity index (χ1) is 22.9. The molecule has 12 nitrogen and oxygen atoms in total. The first-order valence-electron chi connectivity index (χ1n) is 15.5. The Bertz CT molecular complexity index is 2090. The number of aromatic nitrogens is 4. The highest BCUT2D eigenvalue weighted by atomic mass is 35.5. The smallest absolute Gasteiger partial charge is 0.346 e. The average molecular weight is 676 g/mol. The van der Waals surface area contributed by atoms with Crippen molar-refractivity contribution in [2.75, 3.05) is 38.6 Å². The Hall–Kier alpha value is -4.88. The van der Waals surface area contributed by atoms with Crippen LogP contribution in [0.5, 0.6) is 5.88 Å². The van der Waals surface area contributed by atoms with Crippen LogP contribution in [0, 0.1) is 12.7 Å². The van der Waals surface area contributed by atoms with E-state index in [1.807, 2.05) is 11.0 Å². The van der Waals surface area contributed by atoms with E-state index in [0.29, 0.717) is 47.0 Å². The summed E-state index contributed by atoms with van der Waals surface area (Å²) in [6.07, 6.45) is 1.69. The number of ether oxygens (including phenoxy) is 1. The second-order valence-electron chi connectivity index (χ2n) is 12.0. The Morgan fingerprint density at radius 2 is 1.79 bits per heavy atom. The van der Waals surface area contributed by atoms with Crippen molar-refractivity contribution >= 4 is 29.1 Å². The average Bonchev–Trinajstić information content (AvgIpc) is 3.51. The largest absolute Gasteiger partial charge is 0.481 e. The third kappa shape index (κ3) is 5.77. The predicted molar refractivity (Wildman–Crippen MR) is 179 cm³/mol. The monoisotopic (exact) mass is 675 g/mol. The molecule has 0 radical (unpaired) electrons. The number of halogens is 2. The van der Waals surface area contributed by atoms with E-state index in [1.165, 1.54) is 20.2 Å². The standard InChI is InChI=1S/C34H35ClFN7O5/c1-18-21(7-6-8-24(18)37-31(45)30-33(46)40(3)34(47)41(4)39-30)28-23(36)11-10-22(29(28)35)25-17-20-9-12-26(27(20)32(38-25)48-5)43-15-13-42(14-16-43)19(2)44/h6-8,10-11,17,26H,9,12-16H2,1-5H3,(H,37,45)/t26-/m0/s1. The van der Waals surface area contributed by atoms with Gasteiger partial charge in [-0.15, -0.1) is 0 Å². The van der Waals surface area contributed by atoms with E-state index in [2.05, 4.69) is 15.3 Å². The van der Waals surface area contributed by atoms with Crippen molar-refractivity contribution in [3.63, 3.8) is 0 Å². The molecular formula is C34H35ClFN7O5. The number of hydrogen-bond acceptors (Lipinski definition) is 8. The van der Waals surface area contributed by atoms with Crippen LogP contribution in [0.1, 0.15) is 46.6 Å². The van der Waals surface area contributed by atoms with Crippen LogP contribution in [0.3, 0.4) is 0 Å². The summed E-state index contributed by atoms with van der Waals surface area (Å²) in [6, 6.07) is 9.96. The zero-order chi connectivity index (χ0) is 34.4. The van der Waals surface area contributed by atoms with Crippen molar-refractivity contribution in [1.82, 2.24) is 29.1 Å². The predicted octanol–water partition coefficient (Wildman–Crippen LogP) is 3.72. The van der Waals surface area contributed by atoms with Gasteiger partial charge in [0.2, 0.25) is 17.5 Å². The van der Waals surface area contributed by atoms with Crippen LogP contribution in [-0.4, -0.2) is 74.2 Å². The normalized spacial score (nSPS) is 16.1. The van der Waals surface area contributed by atoms with E-state index in [1.54, 1.807) is 45.2 Å². The highest BCUT2D eigenvalue weighted by Crippen LogP contribution is 2.45. The van der Waals surface area contributed by atoms with Gasteiger partial charge in [-0.05, 0) is 60.7 Å². The molecular weight excluding hydrogens is 641 g/mol. The first-order valence-corrected chi connectivity index (χ1v) is 15.9. The molecule has 0 spiro atoms. The molecule has 2 amide bonds. The SMILES string of the molecule is COc1nc(-c2ccc(F)c(-c3cccc(NC(=O)c4nn(C)c(=O)n(C)c4=O)c3C)c2Cl)cc2c1[C@@H](N1CCN(C(C)=O)CC1)CC2. The van der Waals surface area contributed by atoms with Gasteiger partial charge < -0.3 is 15.0 Å². The van der Waals surface area contributed by atoms with Crippen molar-refractivity contribution in [1.29, 1.82) is 0 Å². The summed E-state index contributed by atoms with van der Waals surface area (Å²) in [5.41, 5.74) is 2.54. The van der Waals surface area contributed by atoms with Crippen LogP contribution in [0.4, 0.5) is 10.1 Å². The van der Waals surface area contributed by atoms with E-state index in [0.717, 1.165) is 46.3 Å². The number of amides is 2. The second-order valence-corrected chi connectivity index (χ2v) is 12.4. The number of methoxy groups -OCH3 is 1. The molecule has 2 aliphatic rings. The fourth-order valence-electron chi connectivity index (χ4n) is 6.65. The molecule has 1 aliphatic heterocycles. The molecule has 0 bridgehead atoms. The van der Waals surface area contributed by atoms with Gasteiger partial charge in [0.05, 0.1) is 17.8 Å². The van der Waals surface area contributed by atoms with E-state index >= 15 is 4.39 Å². The number of carbonyl (C=O) groups is 2. The third-order valence-electron chi connectivity index (χ3n) is 9.28. The van der Waals surface area contributed by atoms with Crippen molar-refractivity contribution in [3.05, 3.63) is 90.5 Å². The van der Waals surface area contributed by atoms with Crippen molar-refractivity contribution in [3.8, 4) is 28.3 Å². The summed E-state index contributed by atoms with van der Waals surface area (Å²) in [7, 11) is 4.18. The van der Waals surface area contributed by atoms with Gasteiger partial charge in [0.1, 0.15) is 5.82 Å². The number of pyridine rings is 1. The van der Waals surface area contributed by atoms with Crippen LogP contribution in [-0.2, 0) is 25.3 Å². The summed E-state index contributed by atoms with van der Waals surface area (Å²) in [5.74, 6) is -0.819. The van der Waals surface area contributed by atoms with Crippen LogP contribution in [0.25, 0.3) is 22.4 Å². The molecule has 1 N–H and O–H groups in total. The molecule has 1 saturated heterocycles. The van der Waals surface area contributed by atoms with Gasteiger partial charge in [0.25, 0.3) is 11.5 Å². The molecule has 14 heteroatoms. The minimum atomic E-state index is -0.842.